The van der Waals surface area contributed by atoms with Crippen LogP contribution in [0.2, 0.25) is 0 Å². The normalized spacial score (nSPS) is 12.1. The zero-order valence-corrected chi connectivity index (χ0v) is 35.4. The quantitative estimate of drug-likeness (QED) is 0.0354. The second-order valence-corrected chi connectivity index (χ2v) is 16.6. The first-order chi connectivity index (χ1) is 25.2. The van der Waals surface area contributed by atoms with Crippen LogP contribution in [0.1, 0.15) is 247 Å². The lowest BCUT2D eigenvalue weighted by Crippen LogP contribution is -2.30. The first-order valence-corrected chi connectivity index (χ1v) is 22.7. The van der Waals surface area contributed by atoms with Crippen LogP contribution >= 0.6 is 0 Å². The Kier molecular flexibility index (Phi) is 37.9. The van der Waals surface area contributed by atoms with Crippen LogP contribution in [0.5, 0.6) is 0 Å². The van der Waals surface area contributed by atoms with Crippen LogP contribution in [-0.2, 0) is 28.6 Å². The number of unbranched alkanes of at least 4 members (excludes halogenated alkanes) is 25. The molecule has 0 aromatic heterocycles. The van der Waals surface area contributed by atoms with E-state index in [9.17, 15) is 14.4 Å². The van der Waals surface area contributed by atoms with Gasteiger partial charge in [-0.3, -0.25) is 14.4 Å². The maximum absolute atomic E-state index is 12.7. The van der Waals surface area contributed by atoms with Crippen molar-refractivity contribution < 1.29 is 28.6 Å². The summed E-state index contributed by atoms with van der Waals surface area (Å²) in [6.45, 7) is 11.2. The van der Waals surface area contributed by atoms with Crippen molar-refractivity contribution in [3.05, 3.63) is 0 Å². The predicted molar refractivity (Wildman–Crippen MR) is 220 cm³/mol. The zero-order chi connectivity index (χ0) is 38.3. The molecule has 0 N–H and O–H groups in total. The van der Waals surface area contributed by atoms with Gasteiger partial charge in [0.25, 0.3) is 0 Å². The molecular formula is C46H88O6. The highest BCUT2D eigenvalue weighted by Gasteiger charge is 2.19. The summed E-state index contributed by atoms with van der Waals surface area (Å²) < 4.78 is 16.7. The summed E-state index contributed by atoms with van der Waals surface area (Å²) in [5, 5.41) is 0. The first-order valence-electron chi connectivity index (χ1n) is 22.7. The highest BCUT2D eigenvalue weighted by atomic mass is 16.6. The van der Waals surface area contributed by atoms with Crippen molar-refractivity contribution in [1.29, 1.82) is 0 Å². The van der Waals surface area contributed by atoms with Gasteiger partial charge < -0.3 is 14.2 Å². The van der Waals surface area contributed by atoms with Crippen molar-refractivity contribution in [2.45, 2.75) is 253 Å². The van der Waals surface area contributed by atoms with Crippen LogP contribution in [0.25, 0.3) is 0 Å². The summed E-state index contributed by atoms with van der Waals surface area (Å²) in [5.41, 5.74) is 0. The summed E-state index contributed by atoms with van der Waals surface area (Å²) >= 11 is 0. The molecule has 0 radical (unpaired) electrons. The highest BCUT2D eigenvalue weighted by Crippen LogP contribution is 2.16. The summed E-state index contributed by atoms with van der Waals surface area (Å²) in [7, 11) is 0. The van der Waals surface area contributed by atoms with Crippen LogP contribution in [0, 0.1) is 11.8 Å². The molecule has 0 amide bonds. The maximum atomic E-state index is 12.7. The van der Waals surface area contributed by atoms with Gasteiger partial charge in [-0.15, -0.1) is 0 Å². The van der Waals surface area contributed by atoms with Crippen LogP contribution in [0.15, 0.2) is 0 Å². The Morgan fingerprint density at radius 1 is 0.365 bits per heavy atom. The van der Waals surface area contributed by atoms with Crippen molar-refractivity contribution >= 4 is 17.9 Å². The maximum Gasteiger partial charge on any atom is 0.306 e. The molecule has 0 saturated carbocycles. The molecule has 0 aromatic carbocycles. The molecule has 0 fully saturated rings. The van der Waals surface area contributed by atoms with Crippen molar-refractivity contribution in [1.82, 2.24) is 0 Å². The summed E-state index contributed by atoms with van der Waals surface area (Å²) in [6.07, 6.45) is 36.7. The number of ether oxygens (including phenoxy) is 3. The fraction of sp³-hybridized carbons (Fsp3) is 0.935. The lowest BCUT2D eigenvalue weighted by Gasteiger charge is -2.18. The molecule has 6 heteroatoms. The van der Waals surface area contributed by atoms with Gasteiger partial charge in [0.15, 0.2) is 6.10 Å². The van der Waals surface area contributed by atoms with Crippen molar-refractivity contribution in [3.8, 4) is 0 Å². The van der Waals surface area contributed by atoms with Gasteiger partial charge in [0.1, 0.15) is 13.2 Å². The van der Waals surface area contributed by atoms with Crippen molar-refractivity contribution in [3.63, 3.8) is 0 Å². The minimum Gasteiger partial charge on any atom is -0.462 e. The van der Waals surface area contributed by atoms with E-state index >= 15 is 0 Å². The lowest BCUT2D eigenvalue weighted by molar-refractivity contribution is -0.167. The first kappa shape index (κ1) is 50.4. The Morgan fingerprint density at radius 2 is 0.635 bits per heavy atom. The third kappa shape index (κ3) is 39.6. The molecule has 0 heterocycles. The van der Waals surface area contributed by atoms with E-state index in [2.05, 4.69) is 34.6 Å². The Balaban J connectivity index is 4.32. The van der Waals surface area contributed by atoms with Crippen molar-refractivity contribution in [2.75, 3.05) is 13.2 Å². The van der Waals surface area contributed by atoms with Gasteiger partial charge in [-0.25, -0.2) is 0 Å². The minimum absolute atomic E-state index is 0.0656. The molecule has 0 saturated heterocycles. The average molecular weight is 737 g/mol. The highest BCUT2D eigenvalue weighted by molar-refractivity contribution is 5.71. The van der Waals surface area contributed by atoms with Gasteiger partial charge in [0.05, 0.1) is 0 Å². The molecule has 308 valence electrons. The Morgan fingerprint density at radius 3 is 0.942 bits per heavy atom. The average Bonchev–Trinajstić information content (AvgIpc) is 3.11. The second-order valence-electron chi connectivity index (χ2n) is 16.6. The third-order valence-electron chi connectivity index (χ3n) is 10.2. The van der Waals surface area contributed by atoms with E-state index in [0.717, 1.165) is 69.6 Å². The molecule has 6 nitrogen and oxygen atoms in total. The molecule has 1 atom stereocenters. The van der Waals surface area contributed by atoms with E-state index in [1.165, 1.54) is 135 Å². The fourth-order valence-electron chi connectivity index (χ4n) is 6.75. The zero-order valence-electron chi connectivity index (χ0n) is 35.4. The Bertz CT molecular complexity index is 794. The van der Waals surface area contributed by atoms with Gasteiger partial charge in [0.2, 0.25) is 0 Å². The van der Waals surface area contributed by atoms with E-state index in [0.29, 0.717) is 19.3 Å². The van der Waals surface area contributed by atoms with E-state index in [1.807, 2.05) is 0 Å². The van der Waals surface area contributed by atoms with Crippen LogP contribution in [0.3, 0.4) is 0 Å². The number of esters is 3. The number of carbonyl (C=O) groups excluding carboxylic acids is 3. The molecule has 52 heavy (non-hydrogen) atoms. The fourth-order valence-corrected chi connectivity index (χ4v) is 6.75. The van der Waals surface area contributed by atoms with Gasteiger partial charge >= 0.3 is 17.9 Å². The van der Waals surface area contributed by atoms with Gasteiger partial charge in [-0.05, 0) is 31.1 Å². The molecule has 0 aromatic rings. The van der Waals surface area contributed by atoms with Gasteiger partial charge in [-0.2, -0.15) is 0 Å². The van der Waals surface area contributed by atoms with E-state index in [1.54, 1.807) is 0 Å². The van der Waals surface area contributed by atoms with Crippen LogP contribution < -0.4 is 0 Å². The molecule has 0 rings (SSSR count). The van der Waals surface area contributed by atoms with Gasteiger partial charge in [-0.1, -0.05) is 208 Å². The van der Waals surface area contributed by atoms with Crippen LogP contribution in [0.4, 0.5) is 0 Å². The number of hydrogen-bond donors (Lipinski definition) is 0. The molecule has 0 spiro atoms. The minimum atomic E-state index is -0.760. The largest absolute Gasteiger partial charge is 0.462 e. The summed E-state index contributed by atoms with van der Waals surface area (Å²) in [5.74, 6) is 0.707. The second kappa shape index (κ2) is 39.1. The molecule has 0 bridgehead atoms. The third-order valence-corrected chi connectivity index (χ3v) is 10.2. The standard InChI is InChI=1S/C46H88O6/c1-6-7-8-9-10-11-12-13-14-17-20-26-31-36-44(47)50-39-43(40-51-45(48)37-32-27-23-22-25-30-35-42(4)5)52-46(49)38-33-28-21-18-15-16-19-24-29-34-41(2)3/h41-43H,6-40H2,1-5H3/t43-/m1/s1. The van der Waals surface area contributed by atoms with Gasteiger partial charge in [0, 0.05) is 19.3 Å². The summed E-state index contributed by atoms with van der Waals surface area (Å²) in [4.78, 5) is 37.6. The smallest absolute Gasteiger partial charge is 0.306 e. The lowest BCUT2D eigenvalue weighted by atomic mass is 10.0. The van der Waals surface area contributed by atoms with E-state index in [-0.39, 0.29) is 31.1 Å². The molecule has 0 aliphatic heterocycles. The number of carbonyl (C=O) groups is 3. The molecule has 0 aliphatic carbocycles. The Labute approximate surface area is 323 Å². The van der Waals surface area contributed by atoms with E-state index in [4.69, 9.17) is 14.2 Å². The number of rotatable bonds is 40. The predicted octanol–water partition coefficient (Wildman–Crippen LogP) is 14.2. The van der Waals surface area contributed by atoms with E-state index < -0.39 is 6.10 Å². The molecular weight excluding hydrogens is 648 g/mol. The van der Waals surface area contributed by atoms with Crippen molar-refractivity contribution in [2.24, 2.45) is 11.8 Å². The molecule has 0 unspecified atom stereocenters. The SMILES string of the molecule is CCCCCCCCCCCCCCCC(=O)OC[C@H](COC(=O)CCCCCCCCC(C)C)OC(=O)CCCCCCCCCCCC(C)C. The topological polar surface area (TPSA) is 78.9 Å². The molecule has 0 aliphatic rings. The van der Waals surface area contributed by atoms with Crippen LogP contribution in [-0.4, -0.2) is 37.2 Å². The summed E-state index contributed by atoms with van der Waals surface area (Å²) in [6, 6.07) is 0. The Hall–Kier alpha value is -1.59. The monoisotopic (exact) mass is 737 g/mol. The number of hydrogen-bond acceptors (Lipinski definition) is 6.